The van der Waals surface area contributed by atoms with Gasteiger partial charge in [0, 0.05) is 19.3 Å². The zero-order valence-corrected chi connectivity index (χ0v) is 11.3. The fourth-order valence-corrected chi connectivity index (χ4v) is 2.38. The molecule has 0 saturated carbocycles. The molecule has 1 fully saturated rings. The molecule has 1 atom stereocenters. The van der Waals surface area contributed by atoms with Crippen LogP contribution in [0.25, 0.3) is 0 Å². The van der Waals surface area contributed by atoms with Gasteiger partial charge in [-0.3, -0.25) is 4.79 Å². The molecule has 0 spiro atoms. The normalized spacial score (nSPS) is 20.6. The van der Waals surface area contributed by atoms with Gasteiger partial charge in [-0.2, -0.15) is 0 Å². The van der Waals surface area contributed by atoms with Crippen molar-refractivity contribution in [1.29, 1.82) is 0 Å². The van der Waals surface area contributed by atoms with Gasteiger partial charge in [0.25, 0.3) is 5.91 Å². The molecule has 0 radical (unpaired) electrons. The van der Waals surface area contributed by atoms with E-state index in [1.807, 2.05) is 4.90 Å². The Balaban J connectivity index is 2.12. The number of halogens is 1. The van der Waals surface area contributed by atoms with Crippen molar-refractivity contribution in [2.75, 3.05) is 18.8 Å². The van der Waals surface area contributed by atoms with Crippen molar-refractivity contribution in [3.63, 3.8) is 0 Å². The van der Waals surface area contributed by atoms with Crippen LogP contribution in [0.3, 0.4) is 0 Å². The number of amides is 1. The largest absolute Gasteiger partial charge is 0.382 e. The van der Waals surface area contributed by atoms with Gasteiger partial charge < -0.3 is 10.6 Å². The average Bonchev–Trinajstić information content (AvgIpc) is 2.57. The number of pyridine rings is 1. The van der Waals surface area contributed by atoms with E-state index in [0.29, 0.717) is 16.5 Å². The minimum Gasteiger partial charge on any atom is -0.382 e. The van der Waals surface area contributed by atoms with E-state index in [1.165, 1.54) is 12.6 Å². The van der Waals surface area contributed by atoms with Crippen molar-refractivity contribution in [1.82, 2.24) is 9.88 Å². The summed E-state index contributed by atoms with van der Waals surface area (Å²) < 4.78 is 0. The molecule has 1 amide bonds. The third-order valence-electron chi connectivity index (χ3n) is 3.42. The Hall–Kier alpha value is -1.29. The van der Waals surface area contributed by atoms with Crippen LogP contribution in [0.15, 0.2) is 12.3 Å². The Kier molecular flexibility index (Phi) is 4.07. The molecule has 0 aliphatic carbocycles. The lowest BCUT2D eigenvalue weighted by molar-refractivity contribution is 0.0760. The topological polar surface area (TPSA) is 59.2 Å². The second-order valence-corrected chi connectivity index (χ2v) is 5.33. The molecule has 1 saturated heterocycles. The minimum absolute atomic E-state index is 0.00139. The van der Waals surface area contributed by atoms with Gasteiger partial charge in [0.1, 0.15) is 5.82 Å². The number of nitrogen functional groups attached to an aromatic ring is 1. The zero-order chi connectivity index (χ0) is 13.1. The first-order chi connectivity index (χ1) is 8.58. The van der Waals surface area contributed by atoms with Crippen molar-refractivity contribution in [3.05, 3.63) is 22.8 Å². The molecule has 5 heteroatoms. The lowest BCUT2D eigenvalue weighted by Crippen LogP contribution is -2.32. The molecular weight excluding hydrogens is 250 g/mol. The van der Waals surface area contributed by atoms with Crippen LogP contribution in [0, 0.1) is 5.92 Å². The number of nitrogens with two attached hydrogens (primary N) is 1. The molecule has 1 unspecified atom stereocenters. The highest BCUT2D eigenvalue weighted by Gasteiger charge is 2.20. The van der Waals surface area contributed by atoms with E-state index in [9.17, 15) is 4.79 Å². The highest BCUT2D eigenvalue weighted by atomic mass is 35.5. The molecule has 1 aromatic heterocycles. The minimum atomic E-state index is -0.00139. The van der Waals surface area contributed by atoms with Crippen molar-refractivity contribution >= 4 is 23.3 Å². The van der Waals surface area contributed by atoms with E-state index in [2.05, 4.69) is 11.9 Å². The van der Waals surface area contributed by atoms with E-state index in [4.69, 9.17) is 17.3 Å². The Bertz CT molecular complexity index is 450. The first-order valence-corrected chi connectivity index (χ1v) is 6.66. The van der Waals surface area contributed by atoms with Gasteiger partial charge in [-0.15, -0.1) is 0 Å². The molecule has 2 rings (SSSR count). The van der Waals surface area contributed by atoms with Crippen molar-refractivity contribution in [2.24, 2.45) is 5.92 Å². The van der Waals surface area contributed by atoms with E-state index in [0.717, 1.165) is 25.9 Å². The van der Waals surface area contributed by atoms with Crippen LogP contribution in [-0.2, 0) is 0 Å². The number of nitrogens with zero attached hydrogens (tertiary/aromatic N) is 2. The third kappa shape index (κ3) is 2.93. The molecular formula is C13H18ClN3O. The number of hydrogen-bond acceptors (Lipinski definition) is 3. The van der Waals surface area contributed by atoms with Gasteiger partial charge in [0.2, 0.25) is 0 Å². The van der Waals surface area contributed by atoms with Gasteiger partial charge in [0.15, 0.2) is 0 Å². The standard InChI is InChI=1S/C13H18ClN3O/c1-9-3-2-5-17(6-4-9)13(18)10-7-11(14)12(15)16-8-10/h7-9H,2-6H2,1H3,(H2,15,16). The first-order valence-electron chi connectivity index (χ1n) is 6.28. The Labute approximate surface area is 112 Å². The fraction of sp³-hybridized carbons (Fsp3) is 0.538. The SMILES string of the molecule is CC1CCCN(C(=O)c2cnc(N)c(Cl)c2)CC1. The van der Waals surface area contributed by atoms with Crippen molar-refractivity contribution in [3.8, 4) is 0 Å². The lowest BCUT2D eigenvalue weighted by Gasteiger charge is -2.20. The number of hydrogen-bond donors (Lipinski definition) is 1. The number of carbonyl (C=O) groups is 1. The summed E-state index contributed by atoms with van der Waals surface area (Å²) in [5.74, 6) is 0.951. The maximum atomic E-state index is 12.3. The summed E-state index contributed by atoms with van der Waals surface area (Å²) in [5, 5.41) is 0.337. The molecule has 1 aliphatic heterocycles. The summed E-state index contributed by atoms with van der Waals surface area (Å²) in [7, 11) is 0. The van der Waals surface area contributed by atoms with E-state index < -0.39 is 0 Å². The predicted octanol–water partition coefficient (Wildman–Crippen LogP) is 2.58. The van der Waals surface area contributed by atoms with Gasteiger partial charge >= 0.3 is 0 Å². The highest BCUT2D eigenvalue weighted by Crippen LogP contribution is 2.21. The molecule has 1 aliphatic rings. The molecule has 18 heavy (non-hydrogen) atoms. The smallest absolute Gasteiger partial charge is 0.255 e. The van der Waals surface area contributed by atoms with Crippen LogP contribution in [0.4, 0.5) is 5.82 Å². The second kappa shape index (κ2) is 5.57. The number of anilines is 1. The Morgan fingerprint density at radius 2 is 2.28 bits per heavy atom. The lowest BCUT2D eigenvalue weighted by atomic mass is 10.0. The average molecular weight is 268 g/mol. The van der Waals surface area contributed by atoms with Crippen LogP contribution in [0.1, 0.15) is 36.5 Å². The van der Waals surface area contributed by atoms with Gasteiger partial charge in [-0.1, -0.05) is 18.5 Å². The number of likely N-dealkylation sites (tertiary alicyclic amines) is 1. The molecule has 0 bridgehead atoms. The molecule has 2 N–H and O–H groups in total. The number of carbonyl (C=O) groups excluding carboxylic acids is 1. The summed E-state index contributed by atoms with van der Waals surface area (Å²) in [5.41, 5.74) is 6.06. The van der Waals surface area contributed by atoms with Gasteiger partial charge in [-0.25, -0.2) is 4.98 Å². The summed E-state index contributed by atoms with van der Waals surface area (Å²) >= 11 is 5.89. The monoisotopic (exact) mass is 267 g/mol. The summed E-state index contributed by atoms with van der Waals surface area (Å²) in [6.45, 7) is 3.85. The third-order valence-corrected chi connectivity index (χ3v) is 3.72. The van der Waals surface area contributed by atoms with Crippen LogP contribution in [-0.4, -0.2) is 28.9 Å². The van der Waals surface area contributed by atoms with Gasteiger partial charge in [0.05, 0.1) is 10.6 Å². The number of aromatic nitrogens is 1. The predicted molar refractivity (Wildman–Crippen MR) is 72.6 cm³/mol. The summed E-state index contributed by atoms with van der Waals surface area (Å²) in [6.07, 6.45) is 4.80. The maximum absolute atomic E-state index is 12.3. The van der Waals surface area contributed by atoms with Crippen LogP contribution in [0.2, 0.25) is 5.02 Å². The number of rotatable bonds is 1. The van der Waals surface area contributed by atoms with Crippen molar-refractivity contribution < 1.29 is 4.79 Å². The second-order valence-electron chi connectivity index (χ2n) is 4.92. The summed E-state index contributed by atoms with van der Waals surface area (Å²) in [4.78, 5) is 18.1. The molecule has 2 heterocycles. The first kappa shape index (κ1) is 13.1. The summed E-state index contributed by atoms with van der Waals surface area (Å²) in [6, 6.07) is 1.60. The van der Waals surface area contributed by atoms with Crippen molar-refractivity contribution in [2.45, 2.75) is 26.2 Å². The fourth-order valence-electron chi connectivity index (χ4n) is 2.21. The quantitative estimate of drug-likeness (QED) is 0.851. The van der Waals surface area contributed by atoms with E-state index in [-0.39, 0.29) is 11.7 Å². The van der Waals surface area contributed by atoms with E-state index in [1.54, 1.807) is 6.07 Å². The van der Waals surface area contributed by atoms with E-state index >= 15 is 0 Å². The van der Waals surface area contributed by atoms with Crippen LogP contribution >= 0.6 is 11.6 Å². The Morgan fingerprint density at radius 1 is 1.50 bits per heavy atom. The zero-order valence-electron chi connectivity index (χ0n) is 10.5. The van der Waals surface area contributed by atoms with Gasteiger partial charge in [-0.05, 0) is 31.2 Å². The highest BCUT2D eigenvalue weighted by molar-refractivity contribution is 6.33. The molecule has 0 aromatic carbocycles. The van der Waals surface area contributed by atoms with Crippen LogP contribution < -0.4 is 5.73 Å². The maximum Gasteiger partial charge on any atom is 0.255 e. The molecule has 98 valence electrons. The molecule has 4 nitrogen and oxygen atoms in total. The van der Waals surface area contributed by atoms with Crippen LogP contribution in [0.5, 0.6) is 0 Å². The molecule has 1 aromatic rings. The Morgan fingerprint density at radius 3 is 3.00 bits per heavy atom.